The first-order valence-electron chi connectivity index (χ1n) is 4.95. The van der Waals surface area contributed by atoms with Crippen molar-refractivity contribution in [2.24, 2.45) is 0 Å². The van der Waals surface area contributed by atoms with Crippen molar-refractivity contribution in [1.29, 1.82) is 0 Å². The van der Waals surface area contributed by atoms with Crippen LogP contribution >= 0.6 is 38.9 Å². The van der Waals surface area contributed by atoms with Gasteiger partial charge in [0.15, 0.2) is 0 Å². The van der Waals surface area contributed by atoms with Crippen molar-refractivity contribution >= 4 is 44.8 Å². The van der Waals surface area contributed by atoms with Gasteiger partial charge in [-0.15, -0.1) is 11.3 Å². The highest BCUT2D eigenvalue weighted by Gasteiger charge is 2.12. The van der Waals surface area contributed by atoms with Gasteiger partial charge in [-0.05, 0) is 45.6 Å². The molecule has 0 bridgehead atoms. The molecule has 6 heteroatoms. The fourth-order valence-electron chi connectivity index (χ4n) is 1.38. The molecule has 0 unspecified atom stereocenters. The Morgan fingerprint density at radius 1 is 1.44 bits per heavy atom. The van der Waals surface area contributed by atoms with E-state index in [2.05, 4.69) is 15.9 Å². The smallest absolute Gasteiger partial charge is 0.346 e. The second-order valence-electron chi connectivity index (χ2n) is 3.44. The first kappa shape index (κ1) is 13.4. The summed E-state index contributed by atoms with van der Waals surface area (Å²) in [5.74, 6) is -0.305. The average molecular weight is 348 g/mol. The summed E-state index contributed by atoms with van der Waals surface area (Å²) in [5, 5.41) is 11.3. The van der Waals surface area contributed by atoms with E-state index in [9.17, 15) is 4.79 Å². The van der Waals surface area contributed by atoms with Crippen LogP contribution in [0.25, 0.3) is 0 Å². The van der Waals surface area contributed by atoms with Crippen LogP contribution in [0.3, 0.4) is 0 Å². The molecule has 18 heavy (non-hydrogen) atoms. The Labute approximate surface area is 121 Å². The van der Waals surface area contributed by atoms with Crippen molar-refractivity contribution in [3.8, 4) is 5.75 Å². The maximum atomic E-state index is 10.9. The summed E-state index contributed by atoms with van der Waals surface area (Å²) in [6.45, 7) is 0.214. The van der Waals surface area contributed by atoms with Crippen molar-refractivity contribution in [2.45, 2.75) is 6.61 Å². The van der Waals surface area contributed by atoms with Gasteiger partial charge in [0, 0.05) is 10.6 Å². The maximum absolute atomic E-state index is 10.9. The Kier molecular flexibility index (Phi) is 4.27. The third-order valence-electron chi connectivity index (χ3n) is 2.22. The molecule has 94 valence electrons. The van der Waals surface area contributed by atoms with Gasteiger partial charge in [0.2, 0.25) is 0 Å². The fourth-order valence-corrected chi connectivity index (χ4v) is 2.93. The van der Waals surface area contributed by atoms with Gasteiger partial charge in [-0.3, -0.25) is 0 Å². The molecule has 0 saturated heterocycles. The number of carbonyl (C=O) groups is 1. The van der Waals surface area contributed by atoms with Gasteiger partial charge in [-0.1, -0.05) is 11.6 Å². The van der Waals surface area contributed by atoms with Gasteiger partial charge < -0.3 is 9.84 Å². The van der Waals surface area contributed by atoms with Gasteiger partial charge >= 0.3 is 5.97 Å². The SMILES string of the molecule is O=C(O)c1sccc1COc1ccc(Cl)cc1Br. The van der Waals surface area contributed by atoms with E-state index in [1.807, 2.05) is 0 Å². The van der Waals surface area contributed by atoms with Crippen molar-refractivity contribution in [2.75, 3.05) is 0 Å². The number of halogens is 2. The van der Waals surface area contributed by atoms with Crippen LogP contribution < -0.4 is 4.74 Å². The van der Waals surface area contributed by atoms with E-state index in [4.69, 9.17) is 21.4 Å². The van der Waals surface area contributed by atoms with Gasteiger partial charge in [0.1, 0.15) is 17.2 Å². The highest BCUT2D eigenvalue weighted by molar-refractivity contribution is 9.10. The number of hydrogen-bond donors (Lipinski definition) is 1. The lowest BCUT2D eigenvalue weighted by molar-refractivity contribution is 0.0699. The molecule has 2 aromatic rings. The molecular weight excluding hydrogens is 340 g/mol. The molecule has 0 aliphatic carbocycles. The summed E-state index contributed by atoms with van der Waals surface area (Å²) in [7, 11) is 0. The van der Waals surface area contributed by atoms with E-state index in [1.165, 1.54) is 11.3 Å². The second kappa shape index (κ2) is 5.73. The number of carboxylic acid groups (broad SMARTS) is 1. The Morgan fingerprint density at radius 3 is 2.89 bits per heavy atom. The molecule has 1 aromatic carbocycles. The van der Waals surface area contributed by atoms with E-state index < -0.39 is 5.97 Å². The predicted molar refractivity (Wildman–Crippen MR) is 74.8 cm³/mol. The zero-order valence-electron chi connectivity index (χ0n) is 9.02. The zero-order chi connectivity index (χ0) is 13.1. The van der Waals surface area contributed by atoms with Crippen LogP contribution in [0.15, 0.2) is 34.1 Å². The lowest BCUT2D eigenvalue weighted by atomic mass is 10.2. The van der Waals surface area contributed by atoms with Gasteiger partial charge in [0.25, 0.3) is 0 Å². The second-order valence-corrected chi connectivity index (χ2v) is 5.65. The van der Waals surface area contributed by atoms with E-state index in [1.54, 1.807) is 29.6 Å². The predicted octanol–water partition coefficient (Wildman–Crippen LogP) is 4.44. The molecule has 1 heterocycles. The van der Waals surface area contributed by atoms with Gasteiger partial charge in [0.05, 0.1) is 4.47 Å². The number of aromatic carboxylic acids is 1. The first-order valence-corrected chi connectivity index (χ1v) is 7.00. The van der Waals surface area contributed by atoms with E-state index in [0.717, 1.165) is 4.47 Å². The molecule has 0 saturated carbocycles. The summed E-state index contributed by atoms with van der Waals surface area (Å²) < 4.78 is 6.30. The monoisotopic (exact) mass is 346 g/mol. The molecular formula is C12H8BrClO3S. The van der Waals surface area contributed by atoms with Crippen LogP contribution in [-0.4, -0.2) is 11.1 Å². The summed E-state index contributed by atoms with van der Waals surface area (Å²) in [6.07, 6.45) is 0. The average Bonchev–Trinajstić information content (AvgIpc) is 2.76. The quantitative estimate of drug-likeness (QED) is 0.889. The highest BCUT2D eigenvalue weighted by atomic mass is 79.9. The van der Waals surface area contributed by atoms with Gasteiger partial charge in [-0.25, -0.2) is 4.79 Å². The van der Waals surface area contributed by atoms with Crippen LogP contribution in [0, 0.1) is 0 Å². The molecule has 0 spiro atoms. The van der Waals surface area contributed by atoms with Crippen molar-refractivity contribution in [3.05, 3.63) is 49.6 Å². The van der Waals surface area contributed by atoms with Crippen LogP contribution in [0.1, 0.15) is 15.2 Å². The molecule has 0 amide bonds. The lowest BCUT2D eigenvalue weighted by Crippen LogP contribution is -2.01. The third-order valence-corrected chi connectivity index (χ3v) is 4.02. The molecule has 3 nitrogen and oxygen atoms in total. The maximum Gasteiger partial charge on any atom is 0.346 e. The molecule has 0 aliphatic rings. The molecule has 0 radical (unpaired) electrons. The topological polar surface area (TPSA) is 46.5 Å². The van der Waals surface area contributed by atoms with E-state index in [-0.39, 0.29) is 6.61 Å². The van der Waals surface area contributed by atoms with Crippen molar-refractivity contribution in [1.82, 2.24) is 0 Å². The fraction of sp³-hybridized carbons (Fsp3) is 0.0833. The summed E-state index contributed by atoms with van der Waals surface area (Å²) in [5.41, 5.74) is 0.661. The van der Waals surface area contributed by atoms with Crippen molar-refractivity contribution < 1.29 is 14.6 Å². The summed E-state index contributed by atoms with van der Waals surface area (Å²) >= 11 is 10.3. The minimum Gasteiger partial charge on any atom is -0.488 e. The van der Waals surface area contributed by atoms with Crippen LogP contribution in [0.4, 0.5) is 0 Å². The largest absolute Gasteiger partial charge is 0.488 e. The Bertz CT molecular complexity index is 582. The number of hydrogen-bond acceptors (Lipinski definition) is 3. The van der Waals surface area contributed by atoms with Crippen LogP contribution in [0.5, 0.6) is 5.75 Å². The minimum absolute atomic E-state index is 0.214. The molecule has 0 atom stereocenters. The molecule has 2 rings (SSSR count). The number of ether oxygens (including phenoxy) is 1. The lowest BCUT2D eigenvalue weighted by Gasteiger charge is -2.08. The molecule has 1 N–H and O–H groups in total. The number of benzene rings is 1. The van der Waals surface area contributed by atoms with Crippen molar-refractivity contribution in [3.63, 3.8) is 0 Å². The normalized spacial score (nSPS) is 10.3. The number of carboxylic acids is 1. The molecule has 0 aliphatic heterocycles. The standard InChI is InChI=1S/C12H8BrClO3S/c13-9-5-8(14)1-2-10(9)17-6-7-3-4-18-11(7)12(15)16/h1-5H,6H2,(H,15,16). The number of rotatable bonds is 4. The summed E-state index contributed by atoms with van der Waals surface area (Å²) in [4.78, 5) is 11.2. The Hall–Kier alpha value is -1.04. The first-order chi connectivity index (χ1) is 8.58. The zero-order valence-corrected chi connectivity index (χ0v) is 12.2. The van der Waals surface area contributed by atoms with Gasteiger partial charge in [-0.2, -0.15) is 0 Å². The minimum atomic E-state index is -0.932. The molecule has 0 fully saturated rings. The summed E-state index contributed by atoms with van der Waals surface area (Å²) in [6, 6.07) is 6.92. The van der Waals surface area contributed by atoms with E-state index >= 15 is 0 Å². The van der Waals surface area contributed by atoms with Crippen LogP contribution in [0.2, 0.25) is 5.02 Å². The van der Waals surface area contributed by atoms with Crippen LogP contribution in [-0.2, 0) is 6.61 Å². The Balaban J connectivity index is 2.11. The number of thiophene rings is 1. The Morgan fingerprint density at radius 2 is 2.22 bits per heavy atom. The highest BCUT2D eigenvalue weighted by Crippen LogP contribution is 2.29. The van der Waals surface area contributed by atoms with E-state index in [0.29, 0.717) is 21.2 Å². The molecule has 1 aromatic heterocycles. The third kappa shape index (κ3) is 3.04.